The van der Waals surface area contributed by atoms with Crippen LogP contribution in [0.5, 0.6) is 0 Å². The molecule has 0 aliphatic carbocycles. The van der Waals surface area contributed by atoms with E-state index in [-0.39, 0.29) is 30.7 Å². The number of nitrogens with one attached hydrogen (secondary N) is 2. The summed E-state index contributed by atoms with van der Waals surface area (Å²) in [5, 5.41) is 15.5. The van der Waals surface area contributed by atoms with Gasteiger partial charge >= 0.3 is 5.97 Å². The predicted octanol–water partition coefficient (Wildman–Crippen LogP) is 2.60. The molecular formula is C25H37N3O4. The van der Waals surface area contributed by atoms with Crippen molar-refractivity contribution in [3.63, 3.8) is 0 Å². The summed E-state index contributed by atoms with van der Waals surface area (Å²) in [7, 11) is 0. The van der Waals surface area contributed by atoms with Gasteiger partial charge in [0.1, 0.15) is 0 Å². The standard InChI is InChI=1S/C25H37N3O4/c29-23(27-22(17-24(30)31)11-9-19-5-2-1-3-6-19)18-28-16-4-7-21(25(28)32)10-8-20-12-14-26-15-13-20/h1-3,5-6,20-22,26H,4,7-18H2,(H,27,29)(H,30,31). The monoisotopic (exact) mass is 443 g/mol. The number of hydrogen-bond donors (Lipinski definition) is 3. The Kier molecular flexibility index (Phi) is 9.53. The van der Waals surface area contributed by atoms with Gasteiger partial charge in [0, 0.05) is 18.5 Å². The Labute approximate surface area is 190 Å². The van der Waals surface area contributed by atoms with Crippen molar-refractivity contribution in [2.75, 3.05) is 26.2 Å². The molecule has 3 rings (SSSR count). The summed E-state index contributed by atoms with van der Waals surface area (Å²) in [6, 6.07) is 9.38. The summed E-state index contributed by atoms with van der Waals surface area (Å²) in [6.45, 7) is 2.75. The number of aryl methyl sites for hydroxylation is 1. The van der Waals surface area contributed by atoms with Gasteiger partial charge in [-0.1, -0.05) is 30.3 Å². The highest BCUT2D eigenvalue weighted by molar-refractivity contribution is 5.86. The zero-order valence-corrected chi connectivity index (χ0v) is 18.9. The zero-order valence-electron chi connectivity index (χ0n) is 18.9. The van der Waals surface area contributed by atoms with Crippen molar-refractivity contribution in [3.05, 3.63) is 35.9 Å². The quantitative estimate of drug-likeness (QED) is 0.488. The topological polar surface area (TPSA) is 98.7 Å². The molecule has 0 saturated carbocycles. The van der Waals surface area contributed by atoms with E-state index in [0.717, 1.165) is 44.3 Å². The maximum absolute atomic E-state index is 12.9. The molecule has 1 aromatic carbocycles. The number of amides is 2. The number of hydrogen-bond acceptors (Lipinski definition) is 4. The molecule has 7 nitrogen and oxygen atoms in total. The molecule has 2 aliphatic heterocycles. The van der Waals surface area contributed by atoms with Gasteiger partial charge in [0.2, 0.25) is 11.8 Å². The zero-order chi connectivity index (χ0) is 22.8. The Morgan fingerprint density at radius 1 is 1.12 bits per heavy atom. The summed E-state index contributed by atoms with van der Waals surface area (Å²) >= 11 is 0. The fourth-order valence-electron chi connectivity index (χ4n) is 4.92. The molecule has 0 spiro atoms. The number of carbonyl (C=O) groups is 3. The lowest BCUT2D eigenvalue weighted by molar-refractivity contribution is -0.143. The van der Waals surface area contributed by atoms with E-state index in [9.17, 15) is 19.5 Å². The molecule has 2 saturated heterocycles. The van der Waals surface area contributed by atoms with Crippen molar-refractivity contribution in [1.82, 2.24) is 15.5 Å². The molecule has 2 aliphatic rings. The number of aliphatic carboxylic acids is 1. The van der Waals surface area contributed by atoms with Gasteiger partial charge < -0.3 is 20.6 Å². The lowest BCUT2D eigenvalue weighted by atomic mass is 9.86. The molecule has 32 heavy (non-hydrogen) atoms. The van der Waals surface area contributed by atoms with Crippen LogP contribution in [0.1, 0.15) is 56.9 Å². The maximum Gasteiger partial charge on any atom is 0.305 e. The molecule has 0 aromatic heterocycles. The number of likely N-dealkylation sites (tertiary alicyclic amines) is 1. The molecule has 2 heterocycles. The number of rotatable bonds is 11. The van der Waals surface area contributed by atoms with E-state index in [2.05, 4.69) is 10.6 Å². The second-order valence-corrected chi connectivity index (χ2v) is 9.26. The van der Waals surface area contributed by atoms with Crippen LogP contribution in [0.15, 0.2) is 30.3 Å². The SMILES string of the molecule is O=C(O)CC(CCc1ccccc1)NC(=O)CN1CCCC(CCC2CCNCC2)C1=O. The van der Waals surface area contributed by atoms with Crippen molar-refractivity contribution >= 4 is 17.8 Å². The number of carbonyl (C=O) groups excluding carboxylic acids is 2. The average Bonchev–Trinajstić information content (AvgIpc) is 2.79. The van der Waals surface area contributed by atoms with Crippen molar-refractivity contribution in [3.8, 4) is 0 Å². The Balaban J connectivity index is 1.47. The first-order chi connectivity index (χ1) is 15.5. The number of benzene rings is 1. The van der Waals surface area contributed by atoms with E-state index in [4.69, 9.17) is 0 Å². The molecule has 3 N–H and O–H groups in total. The molecule has 0 radical (unpaired) electrons. The summed E-state index contributed by atoms with van der Waals surface area (Å²) in [6.07, 6.45) is 7.30. The number of carboxylic acid groups (broad SMARTS) is 1. The van der Waals surface area contributed by atoms with Crippen molar-refractivity contribution in [1.29, 1.82) is 0 Å². The van der Waals surface area contributed by atoms with Crippen LogP contribution in [0, 0.1) is 11.8 Å². The molecule has 0 bridgehead atoms. The van der Waals surface area contributed by atoms with Crippen LogP contribution in [-0.4, -0.2) is 60.0 Å². The second-order valence-electron chi connectivity index (χ2n) is 9.26. The van der Waals surface area contributed by atoms with Gasteiger partial charge in [-0.25, -0.2) is 0 Å². The lowest BCUT2D eigenvalue weighted by Gasteiger charge is -2.33. The molecule has 2 fully saturated rings. The number of nitrogens with zero attached hydrogens (tertiary/aromatic N) is 1. The van der Waals surface area contributed by atoms with E-state index >= 15 is 0 Å². The van der Waals surface area contributed by atoms with Gasteiger partial charge in [0.05, 0.1) is 13.0 Å². The third-order valence-electron chi connectivity index (χ3n) is 6.77. The van der Waals surface area contributed by atoms with Crippen LogP contribution >= 0.6 is 0 Å². The van der Waals surface area contributed by atoms with E-state index in [1.807, 2.05) is 30.3 Å². The number of carboxylic acids is 1. The molecule has 2 atom stereocenters. The second kappa shape index (κ2) is 12.6. The van der Waals surface area contributed by atoms with Gasteiger partial charge in [-0.15, -0.1) is 0 Å². The van der Waals surface area contributed by atoms with Gasteiger partial charge in [-0.3, -0.25) is 14.4 Å². The van der Waals surface area contributed by atoms with Crippen molar-refractivity contribution in [2.24, 2.45) is 11.8 Å². The molecule has 176 valence electrons. The molecule has 1 aromatic rings. The highest BCUT2D eigenvalue weighted by atomic mass is 16.4. The van der Waals surface area contributed by atoms with Crippen LogP contribution in [0.2, 0.25) is 0 Å². The molecule has 2 unspecified atom stereocenters. The molecular weight excluding hydrogens is 406 g/mol. The Bertz CT molecular complexity index is 749. The normalized spacial score (nSPS) is 20.7. The minimum absolute atomic E-state index is 0.0133. The van der Waals surface area contributed by atoms with Crippen LogP contribution in [0.4, 0.5) is 0 Å². The highest BCUT2D eigenvalue weighted by Gasteiger charge is 2.30. The molecule has 7 heteroatoms. The van der Waals surface area contributed by atoms with Crippen molar-refractivity contribution in [2.45, 2.75) is 63.8 Å². The van der Waals surface area contributed by atoms with Crippen LogP contribution < -0.4 is 10.6 Å². The van der Waals surface area contributed by atoms with Gasteiger partial charge in [0.15, 0.2) is 0 Å². The van der Waals surface area contributed by atoms with Crippen LogP contribution in [0.3, 0.4) is 0 Å². The Morgan fingerprint density at radius 2 is 1.88 bits per heavy atom. The Morgan fingerprint density at radius 3 is 2.59 bits per heavy atom. The third kappa shape index (κ3) is 7.93. The fraction of sp³-hybridized carbons (Fsp3) is 0.640. The first kappa shape index (κ1) is 24.2. The smallest absolute Gasteiger partial charge is 0.305 e. The lowest BCUT2D eigenvalue weighted by Crippen LogP contribution is -2.48. The average molecular weight is 444 g/mol. The third-order valence-corrected chi connectivity index (χ3v) is 6.77. The largest absolute Gasteiger partial charge is 0.481 e. The maximum atomic E-state index is 12.9. The first-order valence-electron chi connectivity index (χ1n) is 12.1. The summed E-state index contributed by atoms with van der Waals surface area (Å²) < 4.78 is 0. The molecule has 2 amide bonds. The van der Waals surface area contributed by atoms with Gasteiger partial charge in [-0.2, -0.15) is 0 Å². The number of piperidine rings is 2. The minimum Gasteiger partial charge on any atom is -0.481 e. The highest BCUT2D eigenvalue weighted by Crippen LogP contribution is 2.27. The predicted molar refractivity (Wildman–Crippen MR) is 123 cm³/mol. The van der Waals surface area contributed by atoms with E-state index in [0.29, 0.717) is 25.3 Å². The van der Waals surface area contributed by atoms with E-state index in [1.54, 1.807) is 4.90 Å². The minimum atomic E-state index is -0.935. The van der Waals surface area contributed by atoms with E-state index in [1.165, 1.54) is 12.8 Å². The Hall–Kier alpha value is -2.41. The van der Waals surface area contributed by atoms with Crippen molar-refractivity contribution < 1.29 is 19.5 Å². The summed E-state index contributed by atoms with van der Waals surface area (Å²) in [4.78, 5) is 38.6. The summed E-state index contributed by atoms with van der Waals surface area (Å²) in [5.41, 5.74) is 1.11. The van der Waals surface area contributed by atoms with E-state index < -0.39 is 12.0 Å². The first-order valence-corrected chi connectivity index (χ1v) is 12.1. The van der Waals surface area contributed by atoms with Gasteiger partial charge in [0.25, 0.3) is 0 Å². The fourth-order valence-corrected chi connectivity index (χ4v) is 4.92. The van der Waals surface area contributed by atoms with Gasteiger partial charge in [-0.05, 0) is 75.9 Å². The summed E-state index contributed by atoms with van der Waals surface area (Å²) in [5.74, 6) is -0.407. The van der Waals surface area contributed by atoms with Crippen LogP contribution in [0.25, 0.3) is 0 Å². The van der Waals surface area contributed by atoms with Crippen LogP contribution in [-0.2, 0) is 20.8 Å².